The molecule has 0 saturated carbocycles. The minimum atomic E-state index is -0.535. The average Bonchev–Trinajstić information content (AvgIpc) is 3.30. The van der Waals surface area contributed by atoms with Crippen molar-refractivity contribution in [1.82, 2.24) is 25.1 Å². The Morgan fingerprint density at radius 3 is 2.76 bits per heavy atom. The number of hydrogen-bond donors (Lipinski definition) is 1. The molecule has 1 aliphatic rings. The van der Waals surface area contributed by atoms with Crippen LogP contribution in [0.4, 0.5) is 10.1 Å². The van der Waals surface area contributed by atoms with Gasteiger partial charge in [-0.2, -0.15) is 5.10 Å². The Balaban J connectivity index is 1.75. The molecule has 1 amide bonds. The zero-order chi connectivity index (χ0) is 24.2. The van der Waals surface area contributed by atoms with Gasteiger partial charge in [0.15, 0.2) is 5.82 Å². The maximum Gasteiger partial charge on any atom is 0.322 e. The van der Waals surface area contributed by atoms with Crippen molar-refractivity contribution in [3.05, 3.63) is 48.3 Å². The van der Waals surface area contributed by atoms with E-state index in [4.69, 9.17) is 4.74 Å². The smallest absolute Gasteiger partial charge is 0.322 e. The van der Waals surface area contributed by atoms with Gasteiger partial charge in [0.25, 0.3) is 0 Å². The molecular formula is C25H31FN6O2. The van der Waals surface area contributed by atoms with Gasteiger partial charge in [0.2, 0.25) is 5.91 Å². The summed E-state index contributed by atoms with van der Waals surface area (Å²) < 4.78 is 21.5. The van der Waals surface area contributed by atoms with Gasteiger partial charge in [0.05, 0.1) is 30.3 Å². The van der Waals surface area contributed by atoms with Crippen LogP contribution in [0, 0.1) is 5.82 Å². The van der Waals surface area contributed by atoms with Crippen LogP contribution in [0.25, 0.3) is 11.1 Å². The summed E-state index contributed by atoms with van der Waals surface area (Å²) in [5.41, 5.74) is 3.45. The summed E-state index contributed by atoms with van der Waals surface area (Å²) in [5.74, 6) is 0.0155. The number of hydrogen-bond acceptors (Lipinski definition) is 6. The van der Waals surface area contributed by atoms with Gasteiger partial charge in [-0.25, -0.2) is 14.4 Å². The van der Waals surface area contributed by atoms with Crippen molar-refractivity contribution < 1.29 is 13.9 Å². The molecule has 0 saturated heterocycles. The van der Waals surface area contributed by atoms with Crippen LogP contribution in [0.15, 0.2) is 36.9 Å². The quantitative estimate of drug-likeness (QED) is 0.492. The number of fused-ring (bicyclic) bond motifs is 1. The Morgan fingerprint density at radius 1 is 1.29 bits per heavy atom. The lowest BCUT2D eigenvalue weighted by Gasteiger charge is -2.35. The lowest BCUT2D eigenvalue weighted by molar-refractivity contribution is -0.117. The Bertz CT molecular complexity index is 1150. The van der Waals surface area contributed by atoms with Crippen LogP contribution in [-0.4, -0.2) is 44.8 Å². The number of halogens is 1. The number of carbonyl (C=O) groups excluding carboxylic acids is 1. The summed E-state index contributed by atoms with van der Waals surface area (Å²) in [7, 11) is 0. The number of aromatic nitrogens is 4. The minimum absolute atomic E-state index is 0.0208. The molecule has 1 unspecified atom stereocenters. The highest BCUT2D eigenvalue weighted by molar-refractivity contribution is 5.95. The summed E-state index contributed by atoms with van der Waals surface area (Å²) >= 11 is 0. The fourth-order valence-electron chi connectivity index (χ4n) is 4.41. The topological polar surface area (TPSA) is 85.2 Å². The zero-order valence-electron chi connectivity index (χ0n) is 20.1. The van der Waals surface area contributed by atoms with Gasteiger partial charge in [-0.1, -0.05) is 6.92 Å². The van der Waals surface area contributed by atoms with Crippen molar-refractivity contribution in [3.63, 3.8) is 0 Å². The van der Waals surface area contributed by atoms with E-state index in [1.165, 1.54) is 0 Å². The number of benzene rings is 1. The van der Waals surface area contributed by atoms with Crippen LogP contribution in [0.3, 0.4) is 0 Å². The number of ether oxygens (including phenoxy) is 1. The van der Waals surface area contributed by atoms with Gasteiger partial charge < -0.3 is 15.0 Å². The first-order valence-electron chi connectivity index (χ1n) is 11.7. The van der Waals surface area contributed by atoms with Gasteiger partial charge in [0.1, 0.15) is 5.75 Å². The van der Waals surface area contributed by atoms with E-state index in [1.54, 1.807) is 11.8 Å². The van der Waals surface area contributed by atoms with Crippen molar-refractivity contribution in [1.29, 1.82) is 0 Å². The summed E-state index contributed by atoms with van der Waals surface area (Å²) in [5, 5.41) is 7.93. The molecule has 180 valence electrons. The summed E-state index contributed by atoms with van der Waals surface area (Å²) in [6.07, 6.45) is 8.46. The first kappa shape index (κ1) is 23.8. The van der Waals surface area contributed by atoms with E-state index in [2.05, 4.69) is 34.2 Å². The molecule has 0 spiro atoms. The normalized spacial score (nSPS) is 16.3. The largest absolute Gasteiger partial charge is 0.423 e. The monoisotopic (exact) mass is 466 g/mol. The fourth-order valence-corrected chi connectivity index (χ4v) is 4.41. The molecule has 0 aliphatic carbocycles. The van der Waals surface area contributed by atoms with Gasteiger partial charge in [-0.15, -0.1) is 0 Å². The molecule has 4 rings (SSSR count). The van der Waals surface area contributed by atoms with Crippen molar-refractivity contribution in [2.45, 2.75) is 59.0 Å². The van der Waals surface area contributed by atoms with E-state index < -0.39 is 5.82 Å². The standard InChI is InChI=1S/C25H31FN6O2/c1-5-27-11-10-16(2)31-15-19(12-30-31)21-8-9-23-22(7-6-17(3)32(23)18(4)33)24(21)34-25-28-13-20(26)14-29-25/h8-9,12-17,27H,5-7,10-11H2,1-4H3/t16?,17-/m0/s1. The predicted molar refractivity (Wildman–Crippen MR) is 129 cm³/mol. The highest BCUT2D eigenvalue weighted by atomic mass is 19.1. The maximum atomic E-state index is 13.4. The molecule has 0 fully saturated rings. The lowest BCUT2D eigenvalue weighted by Crippen LogP contribution is -2.40. The van der Waals surface area contributed by atoms with Crippen LogP contribution in [0.1, 0.15) is 52.1 Å². The highest BCUT2D eigenvalue weighted by Crippen LogP contribution is 2.44. The molecule has 1 aromatic carbocycles. The van der Waals surface area contributed by atoms with Crippen LogP contribution in [-0.2, 0) is 11.2 Å². The van der Waals surface area contributed by atoms with Gasteiger partial charge in [0, 0.05) is 35.9 Å². The second-order valence-corrected chi connectivity index (χ2v) is 8.70. The van der Waals surface area contributed by atoms with Gasteiger partial charge >= 0.3 is 6.01 Å². The first-order chi connectivity index (χ1) is 16.4. The molecule has 8 nitrogen and oxygen atoms in total. The first-order valence-corrected chi connectivity index (χ1v) is 11.7. The Morgan fingerprint density at radius 2 is 2.06 bits per heavy atom. The summed E-state index contributed by atoms with van der Waals surface area (Å²) in [6, 6.07) is 4.27. The zero-order valence-corrected chi connectivity index (χ0v) is 20.1. The van der Waals surface area contributed by atoms with Crippen molar-refractivity contribution in [2.24, 2.45) is 0 Å². The fraction of sp³-hybridized carbons (Fsp3) is 0.440. The number of anilines is 1. The molecule has 0 radical (unpaired) electrons. The molecule has 9 heteroatoms. The Hall–Kier alpha value is -3.33. The average molecular weight is 467 g/mol. The van der Waals surface area contributed by atoms with Crippen LogP contribution >= 0.6 is 0 Å². The SMILES string of the molecule is CCNCCC(C)n1cc(-c2ccc3c(c2Oc2ncc(F)cn2)CC[C@H](C)N3C(C)=O)cn1. The third kappa shape index (κ3) is 4.94. The highest BCUT2D eigenvalue weighted by Gasteiger charge is 2.30. The molecule has 3 heterocycles. The third-order valence-electron chi connectivity index (χ3n) is 6.23. The maximum absolute atomic E-state index is 13.4. The van der Waals surface area contributed by atoms with Crippen LogP contribution < -0.4 is 15.0 Å². The molecule has 1 aliphatic heterocycles. The van der Waals surface area contributed by atoms with E-state index in [0.717, 1.165) is 67.1 Å². The van der Waals surface area contributed by atoms with E-state index >= 15 is 0 Å². The summed E-state index contributed by atoms with van der Waals surface area (Å²) in [6.45, 7) is 9.70. The molecule has 3 aromatic rings. The van der Waals surface area contributed by atoms with Gasteiger partial charge in [-0.05, 0) is 58.3 Å². The minimum Gasteiger partial charge on any atom is -0.423 e. The molecule has 2 aromatic heterocycles. The lowest BCUT2D eigenvalue weighted by atomic mass is 9.92. The second kappa shape index (κ2) is 10.3. The Kier molecular flexibility index (Phi) is 7.21. The number of nitrogens with one attached hydrogen (secondary N) is 1. The number of carbonyl (C=O) groups is 1. The van der Waals surface area contributed by atoms with E-state index in [0.29, 0.717) is 5.75 Å². The molecule has 0 bridgehead atoms. The predicted octanol–water partition coefficient (Wildman–Crippen LogP) is 4.52. The molecular weight excluding hydrogens is 435 g/mol. The van der Waals surface area contributed by atoms with E-state index in [9.17, 15) is 9.18 Å². The number of amides is 1. The van der Waals surface area contributed by atoms with Crippen LogP contribution in [0.2, 0.25) is 0 Å². The Labute approximate surface area is 199 Å². The molecule has 2 atom stereocenters. The van der Waals surface area contributed by atoms with E-state index in [1.807, 2.05) is 36.1 Å². The van der Waals surface area contributed by atoms with Gasteiger partial charge in [-0.3, -0.25) is 9.48 Å². The van der Waals surface area contributed by atoms with Crippen LogP contribution in [0.5, 0.6) is 11.8 Å². The second-order valence-electron chi connectivity index (χ2n) is 8.70. The number of rotatable bonds is 8. The third-order valence-corrected chi connectivity index (χ3v) is 6.23. The number of nitrogens with zero attached hydrogens (tertiary/aromatic N) is 5. The molecule has 1 N–H and O–H groups in total. The van der Waals surface area contributed by atoms with Crippen molar-refractivity contribution in [3.8, 4) is 22.9 Å². The van der Waals surface area contributed by atoms with Crippen molar-refractivity contribution >= 4 is 11.6 Å². The van der Waals surface area contributed by atoms with E-state index in [-0.39, 0.29) is 24.0 Å². The van der Waals surface area contributed by atoms with Crippen molar-refractivity contribution in [2.75, 3.05) is 18.0 Å². The summed E-state index contributed by atoms with van der Waals surface area (Å²) in [4.78, 5) is 22.2. The molecule has 34 heavy (non-hydrogen) atoms.